The van der Waals surface area contributed by atoms with Gasteiger partial charge in [-0.25, -0.2) is 9.97 Å². The molecule has 0 bridgehead atoms. The highest BCUT2D eigenvalue weighted by molar-refractivity contribution is 5.80. The van der Waals surface area contributed by atoms with Crippen molar-refractivity contribution in [3.8, 4) is 5.88 Å². The first-order chi connectivity index (χ1) is 10.4. The Kier molecular flexibility index (Phi) is 3.46. The molecule has 2 heterocycles. The zero-order chi connectivity index (χ0) is 16.1. The molecule has 3 rings (SSSR count). The summed E-state index contributed by atoms with van der Waals surface area (Å²) in [6.45, 7) is 11.5. The van der Waals surface area contributed by atoms with Crippen LogP contribution < -0.4 is 0 Å². The average Bonchev–Trinajstić information content (AvgIpc) is 3.01. The van der Waals surface area contributed by atoms with Gasteiger partial charge in [-0.05, 0) is 24.2 Å². The molecule has 0 amide bonds. The predicted octanol–water partition coefficient (Wildman–Crippen LogP) is 3.71. The van der Waals surface area contributed by atoms with E-state index in [2.05, 4.69) is 55.6 Å². The second kappa shape index (κ2) is 5.07. The Labute approximate surface area is 131 Å². The molecule has 0 aromatic carbocycles. The first kappa shape index (κ1) is 15.0. The number of aromatic nitrogens is 4. The van der Waals surface area contributed by atoms with Gasteiger partial charge in [-0.3, -0.25) is 4.57 Å². The third-order valence-electron chi connectivity index (χ3n) is 5.47. The lowest BCUT2D eigenvalue weighted by atomic mass is 9.66. The maximum Gasteiger partial charge on any atom is 0.242 e. The molecule has 2 atom stereocenters. The van der Waals surface area contributed by atoms with E-state index in [0.717, 1.165) is 6.42 Å². The fraction of sp³-hybridized carbons (Fsp3) is 0.588. The second-order valence-corrected chi connectivity index (χ2v) is 7.10. The predicted molar refractivity (Wildman–Crippen MR) is 87.2 cm³/mol. The number of imidazole rings is 1. The quantitative estimate of drug-likeness (QED) is 0.938. The Hall–Kier alpha value is -1.91. The largest absolute Gasteiger partial charge is 0.492 e. The molecule has 0 radical (unpaired) electrons. The van der Waals surface area contributed by atoms with Gasteiger partial charge in [0.15, 0.2) is 11.2 Å². The van der Waals surface area contributed by atoms with Crippen LogP contribution in [0.25, 0.3) is 16.9 Å². The minimum atomic E-state index is -0.0611. The minimum absolute atomic E-state index is 0.0579. The minimum Gasteiger partial charge on any atom is -0.492 e. The van der Waals surface area contributed by atoms with Gasteiger partial charge in [-0.1, -0.05) is 40.7 Å². The van der Waals surface area contributed by atoms with Gasteiger partial charge in [0.05, 0.1) is 0 Å². The Balaban J connectivity index is 2.16. The average molecular weight is 300 g/mol. The van der Waals surface area contributed by atoms with Crippen molar-refractivity contribution < 1.29 is 5.11 Å². The molecule has 2 aromatic rings. The third-order valence-corrected chi connectivity index (χ3v) is 5.47. The van der Waals surface area contributed by atoms with Crippen LogP contribution in [0.5, 0.6) is 5.88 Å². The highest BCUT2D eigenvalue weighted by atomic mass is 16.3. The van der Waals surface area contributed by atoms with Crippen molar-refractivity contribution in [2.75, 3.05) is 0 Å². The number of nitrogens with zero attached hydrogens (tertiary/aromatic N) is 4. The molecule has 2 aromatic heterocycles. The van der Waals surface area contributed by atoms with Crippen LogP contribution in [0.4, 0.5) is 0 Å². The molecule has 22 heavy (non-hydrogen) atoms. The zero-order valence-corrected chi connectivity index (χ0v) is 13.9. The van der Waals surface area contributed by atoms with Crippen molar-refractivity contribution in [1.29, 1.82) is 0 Å². The summed E-state index contributed by atoms with van der Waals surface area (Å²) in [5.41, 5.74) is 2.43. The Bertz CT molecular complexity index is 731. The lowest BCUT2D eigenvalue weighted by Crippen LogP contribution is -2.35. The summed E-state index contributed by atoms with van der Waals surface area (Å²) in [5, 5.41) is 9.86. The molecule has 0 spiro atoms. The molecular formula is C17H24N4O. The number of aromatic hydroxyl groups is 1. The van der Waals surface area contributed by atoms with E-state index in [4.69, 9.17) is 0 Å². The zero-order valence-electron chi connectivity index (χ0n) is 13.9. The third kappa shape index (κ3) is 1.95. The van der Waals surface area contributed by atoms with Crippen LogP contribution >= 0.6 is 0 Å². The van der Waals surface area contributed by atoms with Gasteiger partial charge in [0, 0.05) is 11.1 Å². The highest BCUT2D eigenvalue weighted by Crippen LogP contribution is 2.54. The maximum absolute atomic E-state index is 9.86. The number of rotatable bonds is 3. The highest BCUT2D eigenvalue weighted by Gasteiger charge is 2.46. The van der Waals surface area contributed by atoms with Gasteiger partial charge in [-0.15, -0.1) is 0 Å². The molecule has 118 valence electrons. The molecule has 1 aliphatic carbocycles. The van der Waals surface area contributed by atoms with Crippen LogP contribution in [0.2, 0.25) is 0 Å². The van der Waals surface area contributed by atoms with E-state index in [9.17, 15) is 5.11 Å². The number of hydrogen-bond acceptors (Lipinski definition) is 4. The van der Waals surface area contributed by atoms with E-state index in [1.165, 1.54) is 12.0 Å². The fourth-order valence-corrected chi connectivity index (χ4v) is 3.94. The van der Waals surface area contributed by atoms with Crippen LogP contribution in [0.15, 0.2) is 18.7 Å². The van der Waals surface area contributed by atoms with Crippen LogP contribution in [-0.2, 0) is 0 Å². The lowest BCUT2D eigenvalue weighted by Gasteiger charge is -2.41. The summed E-state index contributed by atoms with van der Waals surface area (Å²) < 4.78 is 2.03. The van der Waals surface area contributed by atoms with E-state index in [-0.39, 0.29) is 11.3 Å². The monoisotopic (exact) mass is 300 g/mol. The van der Waals surface area contributed by atoms with Gasteiger partial charge in [0.25, 0.3) is 0 Å². The Morgan fingerprint density at radius 2 is 1.95 bits per heavy atom. The number of fused-ring (bicyclic) bond motifs is 1. The molecule has 0 saturated carbocycles. The van der Waals surface area contributed by atoms with E-state index in [1.807, 2.05) is 4.57 Å². The van der Waals surface area contributed by atoms with Crippen molar-refractivity contribution in [2.24, 2.45) is 23.2 Å². The van der Waals surface area contributed by atoms with Crippen LogP contribution in [0.1, 0.15) is 41.0 Å². The van der Waals surface area contributed by atoms with Crippen molar-refractivity contribution >= 4 is 16.9 Å². The van der Waals surface area contributed by atoms with Gasteiger partial charge < -0.3 is 5.11 Å². The molecule has 0 saturated heterocycles. The van der Waals surface area contributed by atoms with Gasteiger partial charge in [0.1, 0.15) is 12.7 Å². The van der Waals surface area contributed by atoms with Gasteiger partial charge in [0.2, 0.25) is 5.88 Å². The van der Waals surface area contributed by atoms with Crippen molar-refractivity contribution in [3.63, 3.8) is 0 Å². The van der Waals surface area contributed by atoms with E-state index < -0.39 is 0 Å². The van der Waals surface area contributed by atoms with E-state index >= 15 is 0 Å². The first-order valence-corrected chi connectivity index (χ1v) is 7.95. The van der Waals surface area contributed by atoms with Crippen LogP contribution in [-0.4, -0.2) is 24.6 Å². The molecule has 1 N–H and O–H groups in total. The van der Waals surface area contributed by atoms with Crippen LogP contribution in [0.3, 0.4) is 0 Å². The van der Waals surface area contributed by atoms with Gasteiger partial charge >= 0.3 is 0 Å². The Morgan fingerprint density at radius 1 is 1.23 bits per heavy atom. The molecule has 0 fully saturated rings. The molecule has 5 nitrogen and oxygen atoms in total. The molecular weight excluding hydrogens is 276 g/mol. The summed E-state index contributed by atoms with van der Waals surface area (Å²) in [7, 11) is 0. The molecule has 0 aliphatic heterocycles. The lowest BCUT2D eigenvalue weighted by molar-refractivity contribution is 0.153. The SMILES string of the molecule is CC(C)C1CC=C(n2cnc3c(O)ncnc32)[C@@]1(C)C(C)C. The van der Waals surface area contributed by atoms with Crippen molar-refractivity contribution in [3.05, 3.63) is 18.7 Å². The van der Waals surface area contributed by atoms with Gasteiger partial charge in [-0.2, -0.15) is 4.98 Å². The molecule has 1 unspecified atom stereocenters. The topological polar surface area (TPSA) is 63.8 Å². The first-order valence-electron chi connectivity index (χ1n) is 7.95. The normalized spacial score (nSPS) is 25.4. The Morgan fingerprint density at radius 3 is 2.59 bits per heavy atom. The molecule has 5 heteroatoms. The number of allylic oxidation sites excluding steroid dienone is 2. The van der Waals surface area contributed by atoms with E-state index in [0.29, 0.717) is 28.9 Å². The summed E-state index contributed by atoms with van der Waals surface area (Å²) in [6, 6.07) is 0. The second-order valence-electron chi connectivity index (χ2n) is 7.10. The molecule has 1 aliphatic rings. The smallest absolute Gasteiger partial charge is 0.242 e. The maximum atomic E-state index is 9.86. The summed E-state index contributed by atoms with van der Waals surface area (Å²) in [6.07, 6.45) is 6.52. The van der Waals surface area contributed by atoms with Crippen LogP contribution in [0, 0.1) is 23.2 Å². The fourth-order valence-electron chi connectivity index (χ4n) is 3.94. The van der Waals surface area contributed by atoms with Crippen molar-refractivity contribution in [2.45, 2.75) is 41.0 Å². The summed E-state index contributed by atoms with van der Waals surface area (Å²) >= 11 is 0. The van der Waals surface area contributed by atoms with E-state index in [1.54, 1.807) is 6.33 Å². The number of hydrogen-bond donors (Lipinski definition) is 1. The summed E-state index contributed by atoms with van der Waals surface area (Å²) in [4.78, 5) is 12.4. The standard InChI is InChI=1S/C17H24N4O/c1-10(2)12-6-7-13(17(12,5)11(3)4)21-9-20-14-15(21)18-8-19-16(14)22/h7-12H,6H2,1-5H3,(H,18,19,22)/t12?,17-/m0/s1. The van der Waals surface area contributed by atoms with Crippen molar-refractivity contribution in [1.82, 2.24) is 19.5 Å². The summed E-state index contributed by atoms with van der Waals surface area (Å²) in [5.74, 6) is 1.64.